The van der Waals surface area contributed by atoms with E-state index in [-0.39, 0.29) is 0 Å². The van der Waals surface area contributed by atoms with Gasteiger partial charge in [0.2, 0.25) is 0 Å². The van der Waals surface area contributed by atoms with E-state index in [4.69, 9.17) is 9.47 Å². The third kappa shape index (κ3) is 3.28. The summed E-state index contributed by atoms with van der Waals surface area (Å²) in [4.78, 5) is 10.0. The minimum absolute atomic E-state index is 0.684. The molecule has 1 aromatic rings. The molecular formula is C13H14O3. The third-order valence-electron chi connectivity index (χ3n) is 2.00. The van der Waals surface area contributed by atoms with E-state index in [0.29, 0.717) is 11.5 Å². The van der Waals surface area contributed by atoms with Crippen molar-refractivity contribution in [2.24, 2.45) is 0 Å². The number of aldehydes is 1. The van der Waals surface area contributed by atoms with Crippen LogP contribution in [0.25, 0.3) is 6.08 Å². The summed E-state index contributed by atoms with van der Waals surface area (Å²) in [5.41, 5.74) is 0.980. The summed E-state index contributed by atoms with van der Waals surface area (Å²) in [5, 5.41) is 0. The van der Waals surface area contributed by atoms with E-state index >= 15 is 0 Å². The Morgan fingerprint density at radius 2 is 1.75 bits per heavy atom. The molecule has 0 unspecified atom stereocenters. The fraction of sp³-hybridized carbons (Fsp3) is 0.154. The van der Waals surface area contributed by atoms with Crippen molar-refractivity contribution >= 4 is 12.4 Å². The first-order valence-electron chi connectivity index (χ1n) is 4.82. The van der Waals surface area contributed by atoms with Crippen LogP contribution in [-0.4, -0.2) is 20.5 Å². The minimum Gasteiger partial charge on any atom is -0.493 e. The van der Waals surface area contributed by atoms with Gasteiger partial charge in [-0.1, -0.05) is 24.3 Å². The van der Waals surface area contributed by atoms with E-state index in [1.165, 1.54) is 6.08 Å². The molecule has 84 valence electrons. The number of hydrogen-bond acceptors (Lipinski definition) is 3. The standard InChI is InChI=1S/C13H14O3/c1-15-12-8-7-11(10-13(12)16-2)6-4-3-5-9-14/h3-10H,1-2H3/b5-3+,6-4+. The van der Waals surface area contributed by atoms with Gasteiger partial charge in [0.25, 0.3) is 0 Å². The molecule has 0 saturated heterocycles. The first-order valence-corrected chi connectivity index (χ1v) is 4.82. The molecule has 0 aliphatic carbocycles. The fourth-order valence-electron chi connectivity index (χ4n) is 1.23. The maximum atomic E-state index is 10.0. The van der Waals surface area contributed by atoms with Crippen LogP contribution in [0.15, 0.2) is 36.4 Å². The molecule has 3 nitrogen and oxygen atoms in total. The molecule has 0 N–H and O–H groups in total. The maximum absolute atomic E-state index is 10.0. The number of hydrogen-bond donors (Lipinski definition) is 0. The van der Waals surface area contributed by atoms with Crippen molar-refractivity contribution in [3.8, 4) is 11.5 Å². The van der Waals surface area contributed by atoms with Crippen molar-refractivity contribution in [1.29, 1.82) is 0 Å². The van der Waals surface area contributed by atoms with Crippen LogP contribution in [0.5, 0.6) is 11.5 Å². The molecule has 1 aromatic carbocycles. The van der Waals surface area contributed by atoms with E-state index in [9.17, 15) is 4.79 Å². The van der Waals surface area contributed by atoms with E-state index in [1.54, 1.807) is 26.4 Å². The Morgan fingerprint density at radius 3 is 2.38 bits per heavy atom. The number of carbonyl (C=O) groups excluding carboxylic acids is 1. The second-order valence-electron chi connectivity index (χ2n) is 2.99. The zero-order valence-electron chi connectivity index (χ0n) is 9.34. The van der Waals surface area contributed by atoms with Gasteiger partial charge in [0.1, 0.15) is 6.29 Å². The van der Waals surface area contributed by atoms with Gasteiger partial charge in [-0.15, -0.1) is 0 Å². The fourth-order valence-corrected chi connectivity index (χ4v) is 1.23. The molecule has 0 aliphatic heterocycles. The van der Waals surface area contributed by atoms with Crippen LogP contribution >= 0.6 is 0 Å². The average molecular weight is 218 g/mol. The molecule has 0 saturated carbocycles. The lowest BCUT2D eigenvalue weighted by atomic mass is 10.2. The summed E-state index contributed by atoms with van der Waals surface area (Å²) in [7, 11) is 3.19. The van der Waals surface area contributed by atoms with Crippen LogP contribution in [0, 0.1) is 0 Å². The Balaban J connectivity index is 2.86. The van der Waals surface area contributed by atoms with Crippen molar-refractivity contribution in [1.82, 2.24) is 0 Å². The van der Waals surface area contributed by atoms with Crippen LogP contribution < -0.4 is 9.47 Å². The molecule has 3 heteroatoms. The van der Waals surface area contributed by atoms with Gasteiger partial charge >= 0.3 is 0 Å². The van der Waals surface area contributed by atoms with E-state index in [1.807, 2.05) is 24.3 Å². The lowest BCUT2D eigenvalue weighted by Gasteiger charge is -2.07. The number of benzene rings is 1. The molecular weight excluding hydrogens is 204 g/mol. The van der Waals surface area contributed by atoms with Crippen molar-refractivity contribution in [3.05, 3.63) is 42.0 Å². The SMILES string of the molecule is COc1ccc(/C=C/C=C/C=O)cc1OC. The van der Waals surface area contributed by atoms with Gasteiger partial charge in [-0.2, -0.15) is 0 Å². The highest BCUT2D eigenvalue weighted by molar-refractivity contribution is 5.66. The number of allylic oxidation sites excluding steroid dienone is 3. The van der Waals surface area contributed by atoms with Crippen molar-refractivity contribution in [2.45, 2.75) is 0 Å². The van der Waals surface area contributed by atoms with Gasteiger partial charge in [0.05, 0.1) is 14.2 Å². The Hall–Kier alpha value is -2.03. The quantitative estimate of drug-likeness (QED) is 0.432. The van der Waals surface area contributed by atoms with Gasteiger partial charge in [0, 0.05) is 0 Å². The lowest BCUT2D eigenvalue weighted by Crippen LogP contribution is -1.90. The highest BCUT2D eigenvalue weighted by atomic mass is 16.5. The second-order valence-corrected chi connectivity index (χ2v) is 2.99. The third-order valence-corrected chi connectivity index (χ3v) is 2.00. The summed E-state index contributed by atoms with van der Waals surface area (Å²) in [6.07, 6.45) is 7.50. The molecule has 0 aliphatic rings. The van der Waals surface area contributed by atoms with Gasteiger partial charge < -0.3 is 9.47 Å². The molecule has 0 amide bonds. The van der Waals surface area contributed by atoms with Gasteiger partial charge in [0.15, 0.2) is 11.5 Å². The Labute approximate surface area is 95.0 Å². The Morgan fingerprint density at radius 1 is 1.00 bits per heavy atom. The van der Waals surface area contributed by atoms with Gasteiger partial charge in [-0.3, -0.25) is 4.79 Å². The lowest BCUT2D eigenvalue weighted by molar-refractivity contribution is -0.104. The minimum atomic E-state index is 0.684. The Kier molecular flexibility index (Phi) is 4.86. The molecule has 0 aromatic heterocycles. The van der Waals surface area contributed by atoms with Crippen molar-refractivity contribution in [3.63, 3.8) is 0 Å². The first-order chi connectivity index (χ1) is 7.81. The molecule has 0 bridgehead atoms. The largest absolute Gasteiger partial charge is 0.493 e. The molecule has 1 rings (SSSR count). The van der Waals surface area contributed by atoms with Crippen LogP contribution in [0.3, 0.4) is 0 Å². The molecule has 0 heterocycles. The molecule has 0 atom stereocenters. The topological polar surface area (TPSA) is 35.5 Å². The average Bonchev–Trinajstić information content (AvgIpc) is 2.34. The summed E-state index contributed by atoms with van der Waals surface area (Å²) < 4.78 is 10.3. The number of methoxy groups -OCH3 is 2. The highest BCUT2D eigenvalue weighted by Crippen LogP contribution is 2.27. The normalized spacial score (nSPS) is 10.9. The maximum Gasteiger partial charge on any atom is 0.161 e. The van der Waals surface area contributed by atoms with Gasteiger partial charge in [-0.25, -0.2) is 0 Å². The summed E-state index contributed by atoms with van der Waals surface area (Å²) in [6, 6.07) is 5.61. The van der Waals surface area contributed by atoms with Gasteiger partial charge in [-0.05, 0) is 23.8 Å². The predicted octanol–water partition coefficient (Wildman–Crippen LogP) is 2.47. The van der Waals surface area contributed by atoms with Crippen LogP contribution in [-0.2, 0) is 4.79 Å². The predicted molar refractivity (Wildman–Crippen MR) is 63.8 cm³/mol. The molecule has 0 spiro atoms. The van der Waals surface area contributed by atoms with E-state index < -0.39 is 0 Å². The smallest absolute Gasteiger partial charge is 0.161 e. The van der Waals surface area contributed by atoms with E-state index in [0.717, 1.165) is 11.8 Å². The number of rotatable bonds is 5. The van der Waals surface area contributed by atoms with Crippen molar-refractivity contribution in [2.75, 3.05) is 14.2 Å². The number of carbonyl (C=O) groups is 1. The van der Waals surface area contributed by atoms with Crippen LogP contribution in [0.2, 0.25) is 0 Å². The summed E-state index contributed by atoms with van der Waals surface area (Å²) in [6.45, 7) is 0. The summed E-state index contributed by atoms with van der Waals surface area (Å²) in [5.74, 6) is 1.38. The number of ether oxygens (including phenoxy) is 2. The first kappa shape index (κ1) is 12.0. The van der Waals surface area contributed by atoms with Crippen LogP contribution in [0.4, 0.5) is 0 Å². The monoisotopic (exact) mass is 218 g/mol. The Bertz CT molecular complexity index is 406. The molecule has 0 radical (unpaired) electrons. The zero-order valence-corrected chi connectivity index (χ0v) is 9.34. The molecule has 0 fully saturated rings. The highest BCUT2D eigenvalue weighted by Gasteiger charge is 2.01. The van der Waals surface area contributed by atoms with Crippen LogP contribution in [0.1, 0.15) is 5.56 Å². The summed E-state index contributed by atoms with van der Waals surface area (Å²) >= 11 is 0. The van der Waals surface area contributed by atoms with E-state index in [2.05, 4.69) is 0 Å². The zero-order chi connectivity index (χ0) is 11.8. The second kappa shape index (κ2) is 6.45. The van der Waals surface area contributed by atoms with Crippen molar-refractivity contribution < 1.29 is 14.3 Å². The molecule has 16 heavy (non-hydrogen) atoms.